The number of hydrogen-bond donors (Lipinski definition) is 2. The summed E-state index contributed by atoms with van der Waals surface area (Å²) in [6.07, 6.45) is 5.22. The molecule has 2 N–H and O–H groups in total. The molecule has 0 aliphatic carbocycles. The first-order valence-electron chi connectivity index (χ1n) is 9.52. The van der Waals surface area contributed by atoms with E-state index in [1.807, 2.05) is 11.6 Å². The van der Waals surface area contributed by atoms with Gasteiger partial charge in [0.15, 0.2) is 0 Å². The fourth-order valence-electron chi connectivity index (χ4n) is 4.13. The van der Waals surface area contributed by atoms with Crippen molar-refractivity contribution >= 4 is 17.5 Å². The number of nitrogens with one attached hydrogen (secondary N) is 2. The zero-order valence-electron chi connectivity index (χ0n) is 17.2. The Balaban J connectivity index is 1.64. The van der Waals surface area contributed by atoms with Crippen LogP contribution in [0.25, 0.3) is 0 Å². The molecule has 2 heterocycles. The molecule has 0 bridgehead atoms. The Morgan fingerprint density at radius 2 is 2.00 bits per heavy atom. The van der Waals surface area contributed by atoms with Gasteiger partial charge < -0.3 is 19.9 Å². The molecular weight excluding hydrogens is 376 g/mol. The molecule has 7 heteroatoms. The lowest BCUT2D eigenvalue weighted by atomic mass is 9.79. The van der Waals surface area contributed by atoms with Gasteiger partial charge in [0, 0.05) is 29.7 Å². The van der Waals surface area contributed by atoms with Crippen LogP contribution in [0.3, 0.4) is 0 Å². The summed E-state index contributed by atoms with van der Waals surface area (Å²) in [5, 5.41) is 7.21. The Morgan fingerprint density at radius 1 is 1.32 bits per heavy atom. The number of piperidine rings is 1. The van der Waals surface area contributed by atoms with E-state index in [1.165, 1.54) is 0 Å². The summed E-state index contributed by atoms with van der Waals surface area (Å²) >= 11 is 6.35. The standard InChI is InChI=1S/C21H29ClN4O2/c1-20(2)9-15(10-21(3,4)25-20)24-19(27)14-6-7-18(17(22)8-14)28-12-16-11-23-13-26(16)5/h6-8,11,13,15,25H,9-10,12H2,1-5H3,(H,24,27). The summed E-state index contributed by atoms with van der Waals surface area (Å²) in [5.74, 6) is 0.433. The van der Waals surface area contributed by atoms with Gasteiger partial charge in [-0.2, -0.15) is 0 Å². The van der Waals surface area contributed by atoms with E-state index in [9.17, 15) is 4.79 Å². The molecule has 0 spiro atoms. The Hall–Kier alpha value is -2.05. The Labute approximate surface area is 171 Å². The smallest absolute Gasteiger partial charge is 0.251 e. The van der Waals surface area contributed by atoms with Crippen molar-refractivity contribution in [2.24, 2.45) is 7.05 Å². The first kappa shape index (κ1) is 20.7. The fourth-order valence-corrected chi connectivity index (χ4v) is 4.36. The number of benzene rings is 1. The molecule has 1 fully saturated rings. The fraction of sp³-hybridized carbons (Fsp3) is 0.524. The van der Waals surface area contributed by atoms with E-state index in [0.717, 1.165) is 18.5 Å². The molecule has 3 rings (SSSR count). The molecule has 0 unspecified atom stereocenters. The number of imidazole rings is 1. The van der Waals surface area contributed by atoms with Crippen LogP contribution in [0.2, 0.25) is 5.02 Å². The van der Waals surface area contributed by atoms with Crippen LogP contribution in [0, 0.1) is 0 Å². The minimum absolute atomic E-state index is 0.0269. The van der Waals surface area contributed by atoms with Crippen molar-refractivity contribution in [2.45, 2.75) is 64.3 Å². The highest BCUT2D eigenvalue weighted by Gasteiger charge is 2.38. The van der Waals surface area contributed by atoms with Gasteiger partial charge in [-0.1, -0.05) is 11.6 Å². The van der Waals surface area contributed by atoms with E-state index in [4.69, 9.17) is 16.3 Å². The highest BCUT2D eigenvalue weighted by Crippen LogP contribution is 2.30. The maximum atomic E-state index is 12.7. The zero-order valence-corrected chi connectivity index (χ0v) is 17.9. The van der Waals surface area contributed by atoms with Crippen molar-refractivity contribution in [1.29, 1.82) is 0 Å². The number of nitrogens with zero attached hydrogens (tertiary/aromatic N) is 2. The third kappa shape index (κ3) is 5.06. The number of halogens is 1. The lowest BCUT2D eigenvalue weighted by Crippen LogP contribution is -2.62. The van der Waals surface area contributed by atoms with Crippen LogP contribution < -0.4 is 15.4 Å². The molecule has 0 saturated carbocycles. The van der Waals surface area contributed by atoms with Crippen LogP contribution in [-0.2, 0) is 13.7 Å². The van der Waals surface area contributed by atoms with Gasteiger partial charge in [-0.25, -0.2) is 4.98 Å². The minimum atomic E-state index is -0.112. The monoisotopic (exact) mass is 404 g/mol. The Morgan fingerprint density at radius 3 is 2.57 bits per heavy atom. The molecule has 0 radical (unpaired) electrons. The van der Waals surface area contributed by atoms with Gasteiger partial charge in [0.05, 0.1) is 23.2 Å². The van der Waals surface area contributed by atoms with Gasteiger partial charge in [-0.05, 0) is 58.7 Å². The predicted octanol–water partition coefficient (Wildman–Crippen LogP) is 3.69. The molecule has 2 aromatic rings. The molecule has 1 amide bonds. The molecule has 1 aliphatic heterocycles. The van der Waals surface area contributed by atoms with Crippen molar-refractivity contribution in [3.63, 3.8) is 0 Å². The molecule has 1 aliphatic rings. The predicted molar refractivity (Wildman–Crippen MR) is 111 cm³/mol. The average molecular weight is 405 g/mol. The molecule has 1 saturated heterocycles. The maximum Gasteiger partial charge on any atom is 0.251 e. The zero-order chi connectivity index (χ0) is 20.5. The second-order valence-corrected chi connectivity index (χ2v) is 9.31. The summed E-state index contributed by atoms with van der Waals surface area (Å²) in [5.41, 5.74) is 1.42. The van der Waals surface area contributed by atoms with Crippen molar-refractivity contribution < 1.29 is 9.53 Å². The summed E-state index contributed by atoms with van der Waals surface area (Å²) in [6, 6.07) is 5.26. The highest BCUT2D eigenvalue weighted by atomic mass is 35.5. The van der Waals surface area contributed by atoms with Crippen LogP contribution in [0.5, 0.6) is 5.75 Å². The largest absolute Gasteiger partial charge is 0.486 e. The topological polar surface area (TPSA) is 68.2 Å². The molecular formula is C21H29ClN4O2. The summed E-state index contributed by atoms with van der Waals surface area (Å²) in [7, 11) is 1.91. The summed E-state index contributed by atoms with van der Waals surface area (Å²) < 4.78 is 7.66. The lowest BCUT2D eigenvalue weighted by molar-refractivity contribution is 0.0873. The lowest BCUT2D eigenvalue weighted by Gasteiger charge is -2.46. The average Bonchev–Trinajstić information content (AvgIpc) is 2.95. The molecule has 6 nitrogen and oxygen atoms in total. The Kier molecular flexibility index (Phi) is 5.73. The number of carbonyl (C=O) groups excluding carboxylic acids is 1. The first-order valence-corrected chi connectivity index (χ1v) is 9.90. The van der Waals surface area contributed by atoms with Gasteiger partial charge in [0.2, 0.25) is 0 Å². The number of hydrogen-bond acceptors (Lipinski definition) is 4. The van der Waals surface area contributed by atoms with E-state index < -0.39 is 0 Å². The van der Waals surface area contributed by atoms with Crippen molar-refractivity contribution in [3.8, 4) is 5.75 Å². The van der Waals surface area contributed by atoms with Crippen molar-refractivity contribution in [3.05, 3.63) is 47.0 Å². The molecule has 0 atom stereocenters. The number of aryl methyl sites for hydroxylation is 1. The normalized spacial score (nSPS) is 18.6. The van der Waals surface area contributed by atoms with Crippen molar-refractivity contribution in [1.82, 2.24) is 20.2 Å². The quantitative estimate of drug-likeness (QED) is 0.797. The van der Waals surface area contributed by atoms with E-state index in [2.05, 4.69) is 43.3 Å². The summed E-state index contributed by atoms with van der Waals surface area (Å²) in [4.78, 5) is 16.8. The maximum absolute atomic E-state index is 12.7. The van der Waals surface area contributed by atoms with Gasteiger partial charge in [-0.3, -0.25) is 4.79 Å². The molecule has 152 valence electrons. The molecule has 1 aromatic carbocycles. The van der Waals surface area contributed by atoms with E-state index >= 15 is 0 Å². The van der Waals surface area contributed by atoms with Crippen molar-refractivity contribution in [2.75, 3.05) is 0 Å². The van der Waals surface area contributed by atoms with Gasteiger partial charge >= 0.3 is 0 Å². The van der Waals surface area contributed by atoms with Crippen LogP contribution >= 0.6 is 11.6 Å². The SMILES string of the molecule is Cn1cncc1COc1ccc(C(=O)NC2CC(C)(C)NC(C)(C)C2)cc1Cl. The number of ether oxygens (including phenoxy) is 1. The van der Waals surface area contributed by atoms with Gasteiger partial charge in [0.25, 0.3) is 5.91 Å². The van der Waals surface area contributed by atoms with Crippen LogP contribution in [0.1, 0.15) is 56.6 Å². The third-order valence-electron chi connectivity index (χ3n) is 5.01. The van der Waals surface area contributed by atoms with Crippen LogP contribution in [-0.4, -0.2) is 32.6 Å². The molecule has 1 aromatic heterocycles. The van der Waals surface area contributed by atoms with E-state index in [-0.39, 0.29) is 23.0 Å². The molecule has 28 heavy (non-hydrogen) atoms. The highest BCUT2D eigenvalue weighted by molar-refractivity contribution is 6.32. The number of aromatic nitrogens is 2. The van der Waals surface area contributed by atoms with Gasteiger partial charge in [-0.15, -0.1) is 0 Å². The second-order valence-electron chi connectivity index (χ2n) is 8.90. The third-order valence-corrected chi connectivity index (χ3v) is 5.31. The number of rotatable bonds is 5. The Bertz CT molecular complexity index is 844. The number of carbonyl (C=O) groups is 1. The minimum Gasteiger partial charge on any atom is -0.486 e. The second kappa shape index (κ2) is 7.76. The summed E-state index contributed by atoms with van der Waals surface area (Å²) in [6.45, 7) is 9.02. The van der Waals surface area contributed by atoms with Crippen LogP contribution in [0.4, 0.5) is 0 Å². The first-order chi connectivity index (χ1) is 13.0. The number of amides is 1. The van der Waals surface area contributed by atoms with E-state index in [1.54, 1.807) is 30.7 Å². The van der Waals surface area contributed by atoms with Crippen LogP contribution in [0.15, 0.2) is 30.7 Å². The van der Waals surface area contributed by atoms with Gasteiger partial charge in [0.1, 0.15) is 12.4 Å². The van der Waals surface area contributed by atoms with E-state index in [0.29, 0.717) is 22.9 Å².